The summed E-state index contributed by atoms with van der Waals surface area (Å²) < 4.78 is 61.6. The molecule has 0 radical (unpaired) electrons. The van der Waals surface area contributed by atoms with Crippen LogP contribution in [0.3, 0.4) is 0 Å². The summed E-state index contributed by atoms with van der Waals surface area (Å²) in [5.41, 5.74) is 3.35. The van der Waals surface area contributed by atoms with Crippen LogP contribution in [0.4, 0.5) is 23.4 Å². The van der Waals surface area contributed by atoms with Crippen LogP contribution < -0.4 is 19.1 Å². The maximum absolute atomic E-state index is 13.1. The van der Waals surface area contributed by atoms with Crippen LogP contribution in [0.2, 0.25) is 0 Å². The van der Waals surface area contributed by atoms with Gasteiger partial charge >= 0.3 is 13.2 Å². The van der Waals surface area contributed by atoms with E-state index in [0.29, 0.717) is 16.7 Å². The van der Waals surface area contributed by atoms with Crippen LogP contribution in [0.15, 0.2) is 91.4 Å². The van der Waals surface area contributed by atoms with Crippen LogP contribution in [0.1, 0.15) is 47.1 Å². The van der Waals surface area contributed by atoms with E-state index in [9.17, 15) is 22.8 Å². The average molecular weight is 554 g/mol. The number of aromatic nitrogens is 2. The number of nitrogens with zero attached hydrogens (tertiary/aromatic N) is 3. The molecule has 0 saturated carbocycles. The van der Waals surface area contributed by atoms with Crippen molar-refractivity contribution in [2.45, 2.75) is 44.4 Å². The number of hydrogen-bond donors (Lipinski definition) is 0. The van der Waals surface area contributed by atoms with E-state index in [0.717, 1.165) is 36.3 Å². The topological polar surface area (TPSA) is 61.5 Å². The minimum absolute atomic E-state index is 0.217. The summed E-state index contributed by atoms with van der Waals surface area (Å²) in [4.78, 5) is 7.03. The fourth-order valence-electron chi connectivity index (χ4n) is 5.20. The molecule has 208 valence electrons. The van der Waals surface area contributed by atoms with Crippen molar-refractivity contribution in [2.75, 3.05) is 11.4 Å². The first kappa shape index (κ1) is 27.2. The van der Waals surface area contributed by atoms with E-state index in [1.165, 1.54) is 36.2 Å². The minimum atomic E-state index is -3.23. The maximum atomic E-state index is 13.1. The van der Waals surface area contributed by atoms with Gasteiger partial charge in [-0.1, -0.05) is 42.5 Å². The second-order valence-electron chi connectivity index (χ2n) is 9.50. The van der Waals surface area contributed by atoms with Crippen LogP contribution in [0.5, 0.6) is 11.5 Å². The fourth-order valence-corrected chi connectivity index (χ4v) is 5.20. The van der Waals surface area contributed by atoms with Crippen molar-refractivity contribution < 1.29 is 31.8 Å². The zero-order valence-corrected chi connectivity index (χ0v) is 21.4. The Morgan fingerprint density at radius 1 is 0.875 bits per heavy atom. The summed E-state index contributed by atoms with van der Waals surface area (Å²) >= 11 is 0. The molecule has 0 aliphatic carbocycles. The number of anilines is 1. The molecule has 2 unspecified atom stereocenters. The fraction of sp³-hybridized carbons (Fsp3) is 0.267. The molecule has 10 heteroatoms. The Balaban J connectivity index is 1.48. The lowest BCUT2D eigenvalue weighted by molar-refractivity contribution is -0.605. The van der Waals surface area contributed by atoms with Crippen molar-refractivity contribution in [2.24, 2.45) is 0 Å². The molecular formula is C30H27F4N3O3. The Hall–Kier alpha value is -4.34. The molecule has 4 aromatic rings. The van der Waals surface area contributed by atoms with Crippen molar-refractivity contribution in [3.8, 4) is 11.5 Å². The van der Waals surface area contributed by atoms with E-state index < -0.39 is 30.6 Å². The number of pyridine rings is 2. The van der Waals surface area contributed by atoms with Gasteiger partial charge in [0.25, 0.3) is 0 Å². The molecule has 3 heterocycles. The zero-order valence-electron chi connectivity index (χ0n) is 21.4. The SMILES string of the molecule is [O-][n+]1ccc(CC(c2ccc(N3CCCC3c3ccccc3)nc2)c2ccc(OC(F)F)c(OC(F)F)c2)cc1. The van der Waals surface area contributed by atoms with Gasteiger partial charge in [0.15, 0.2) is 23.9 Å². The van der Waals surface area contributed by atoms with Crippen LogP contribution >= 0.6 is 0 Å². The second-order valence-corrected chi connectivity index (χ2v) is 9.50. The smallest absolute Gasteiger partial charge is 0.387 e. The van der Waals surface area contributed by atoms with E-state index in [1.54, 1.807) is 18.3 Å². The normalized spacial score (nSPS) is 15.9. The molecule has 2 atom stereocenters. The van der Waals surface area contributed by atoms with Gasteiger partial charge in [-0.3, -0.25) is 0 Å². The van der Waals surface area contributed by atoms with Crippen molar-refractivity contribution in [3.63, 3.8) is 0 Å². The predicted octanol–water partition coefficient (Wildman–Crippen LogP) is 6.63. The summed E-state index contributed by atoms with van der Waals surface area (Å²) in [7, 11) is 0. The van der Waals surface area contributed by atoms with Crippen LogP contribution in [-0.2, 0) is 6.42 Å². The quantitative estimate of drug-likeness (QED) is 0.125. The van der Waals surface area contributed by atoms with Gasteiger partial charge in [0, 0.05) is 30.8 Å². The first-order valence-corrected chi connectivity index (χ1v) is 12.9. The van der Waals surface area contributed by atoms with Crippen molar-refractivity contribution in [1.29, 1.82) is 0 Å². The average Bonchev–Trinajstić information content (AvgIpc) is 3.44. The summed E-state index contributed by atoms with van der Waals surface area (Å²) in [5, 5.41) is 11.6. The highest BCUT2D eigenvalue weighted by Crippen LogP contribution is 2.38. The van der Waals surface area contributed by atoms with Crippen molar-refractivity contribution in [1.82, 2.24) is 4.98 Å². The van der Waals surface area contributed by atoms with Gasteiger partial charge in [0.1, 0.15) is 5.82 Å². The summed E-state index contributed by atoms with van der Waals surface area (Å²) in [6, 6.07) is 21.7. The number of alkyl halides is 4. The lowest BCUT2D eigenvalue weighted by Crippen LogP contribution is -2.24. The Kier molecular flexibility index (Phi) is 8.33. The van der Waals surface area contributed by atoms with Gasteiger partial charge in [-0.15, -0.1) is 0 Å². The van der Waals surface area contributed by atoms with Gasteiger partial charge in [-0.05, 0) is 59.7 Å². The van der Waals surface area contributed by atoms with Gasteiger partial charge < -0.3 is 19.6 Å². The highest BCUT2D eigenvalue weighted by atomic mass is 19.3. The molecule has 1 aliphatic rings. The number of rotatable bonds is 10. The Bertz CT molecular complexity index is 1390. The second kappa shape index (κ2) is 12.2. The summed E-state index contributed by atoms with van der Waals surface area (Å²) in [5.74, 6) is -0.563. The van der Waals surface area contributed by atoms with E-state index >= 15 is 0 Å². The largest absolute Gasteiger partial charge is 0.619 e. The van der Waals surface area contributed by atoms with Crippen molar-refractivity contribution >= 4 is 5.82 Å². The minimum Gasteiger partial charge on any atom is -0.619 e. The molecular weight excluding hydrogens is 526 g/mol. The molecule has 1 fully saturated rings. The van der Waals surface area contributed by atoms with E-state index in [2.05, 4.69) is 26.5 Å². The molecule has 0 amide bonds. The first-order chi connectivity index (χ1) is 19.4. The third-order valence-electron chi connectivity index (χ3n) is 7.02. The predicted molar refractivity (Wildman–Crippen MR) is 141 cm³/mol. The number of halogens is 4. The lowest BCUT2D eigenvalue weighted by atomic mass is 9.86. The molecule has 0 bridgehead atoms. The standard InChI is InChI=1S/C30H27F4N3O3/c31-29(32)39-26-10-8-22(18-27(26)40-30(33)34)24(17-20-12-15-36(38)16-13-20)23-9-11-28(35-19-23)37-14-4-7-25(37)21-5-2-1-3-6-21/h1-3,5-6,8-13,15-16,18-19,24-25,29-30H,4,7,14,17H2. The molecule has 5 rings (SSSR count). The zero-order chi connectivity index (χ0) is 28.1. The molecule has 6 nitrogen and oxygen atoms in total. The van der Waals surface area contributed by atoms with Crippen LogP contribution in [0.25, 0.3) is 0 Å². The maximum Gasteiger partial charge on any atom is 0.387 e. The van der Waals surface area contributed by atoms with Gasteiger partial charge in [0.2, 0.25) is 0 Å². The Morgan fingerprint density at radius 3 is 2.25 bits per heavy atom. The van der Waals surface area contributed by atoms with Crippen molar-refractivity contribution in [3.05, 3.63) is 119 Å². The Morgan fingerprint density at radius 2 is 1.57 bits per heavy atom. The molecule has 1 aliphatic heterocycles. The highest BCUT2D eigenvalue weighted by molar-refractivity contribution is 5.49. The molecule has 2 aromatic carbocycles. The van der Waals surface area contributed by atoms with Gasteiger partial charge in [0.05, 0.1) is 6.04 Å². The first-order valence-electron chi connectivity index (χ1n) is 12.9. The lowest BCUT2D eigenvalue weighted by Gasteiger charge is -2.27. The number of ether oxygens (including phenoxy) is 2. The van der Waals surface area contributed by atoms with E-state index in [4.69, 9.17) is 4.98 Å². The van der Waals surface area contributed by atoms with Crippen LogP contribution in [-0.4, -0.2) is 24.8 Å². The molecule has 40 heavy (non-hydrogen) atoms. The molecule has 0 N–H and O–H groups in total. The highest BCUT2D eigenvalue weighted by Gasteiger charge is 2.27. The molecule has 2 aromatic heterocycles. The molecule has 0 spiro atoms. The monoisotopic (exact) mass is 553 g/mol. The summed E-state index contributed by atoms with van der Waals surface area (Å²) in [6.45, 7) is -5.56. The van der Waals surface area contributed by atoms with Gasteiger partial charge in [-0.25, -0.2) is 4.98 Å². The Labute approximate surface area is 229 Å². The van der Waals surface area contributed by atoms with Gasteiger partial charge in [-0.2, -0.15) is 22.3 Å². The number of hydrogen-bond acceptors (Lipinski definition) is 5. The third-order valence-corrected chi connectivity index (χ3v) is 7.02. The summed E-state index contributed by atoms with van der Waals surface area (Å²) in [6.07, 6.45) is 6.93. The van der Waals surface area contributed by atoms with E-state index in [1.807, 2.05) is 30.3 Å². The molecule has 1 saturated heterocycles. The third kappa shape index (κ3) is 6.44. The number of benzene rings is 2. The van der Waals surface area contributed by atoms with E-state index in [-0.39, 0.29) is 6.04 Å². The van der Waals surface area contributed by atoms with Crippen LogP contribution in [0, 0.1) is 5.21 Å².